The summed E-state index contributed by atoms with van der Waals surface area (Å²) in [6, 6.07) is 0. The molecule has 0 atom stereocenters. The second-order valence-corrected chi connectivity index (χ2v) is 5.19. The van der Waals surface area contributed by atoms with Crippen molar-refractivity contribution in [2.24, 2.45) is 0 Å². The monoisotopic (exact) mass is 251 g/mol. The fourth-order valence-electron chi connectivity index (χ4n) is 0.742. The number of carbonyl (C=O) groups excluding carboxylic acids is 1. The second kappa shape index (κ2) is 6.81. The number of likely N-dealkylation sites (N-methyl/N-ethyl adjacent to an activating group) is 1. The van der Waals surface area contributed by atoms with Crippen molar-refractivity contribution in [3.8, 4) is 0 Å². The highest BCUT2D eigenvalue weighted by Crippen LogP contribution is 2.47. The van der Waals surface area contributed by atoms with Gasteiger partial charge in [-0.2, -0.15) is 0 Å². The van der Waals surface area contributed by atoms with Gasteiger partial charge in [-0.05, 0) is 12.5 Å². The maximum Gasteiger partial charge on any atom is 0.474 e. The Kier molecular flexibility index (Phi) is 6.52. The number of carbonyl (C=O) groups is 1. The quantitative estimate of drug-likeness (QED) is 0.528. The predicted octanol–water partition coefficient (Wildman–Crippen LogP) is 1.44. The van der Waals surface area contributed by atoms with E-state index >= 15 is 0 Å². The molecule has 0 aliphatic heterocycles. The molecule has 94 valence electrons. The molecule has 6 nitrogen and oxygen atoms in total. The molecule has 0 aromatic heterocycles. The van der Waals surface area contributed by atoms with Crippen LogP contribution in [-0.4, -0.2) is 45.7 Å². The van der Waals surface area contributed by atoms with Gasteiger partial charge in [0.1, 0.15) is 0 Å². The standard InChI is InChI=1S/C9H18NO5P/c1-8(6-9(11)10(2)3)7-15-16(12,13-4)14-5/h6H,7H2,1-5H3/b8-6+. The summed E-state index contributed by atoms with van der Waals surface area (Å²) in [5.41, 5.74) is 0.632. The average Bonchev–Trinajstić information content (AvgIpc) is 2.25. The molecule has 0 aromatic carbocycles. The largest absolute Gasteiger partial charge is 0.474 e. The molecule has 16 heavy (non-hydrogen) atoms. The van der Waals surface area contributed by atoms with Gasteiger partial charge in [-0.15, -0.1) is 0 Å². The van der Waals surface area contributed by atoms with Gasteiger partial charge >= 0.3 is 7.82 Å². The molecule has 0 bridgehead atoms. The lowest BCUT2D eigenvalue weighted by Gasteiger charge is -2.13. The SMILES string of the molecule is COP(=O)(OC)OC/C(C)=C/C(=O)N(C)C. The molecule has 0 aliphatic carbocycles. The fourth-order valence-corrected chi connectivity index (χ4v) is 1.46. The van der Waals surface area contributed by atoms with Crippen molar-refractivity contribution in [2.75, 3.05) is 34.9 Å². The molecule has 0 aromatic rings. The maximum absolute atomic E-state index is 11.5. The Morgan fingerprint density at radius 3 is 2.19 bits per heavy atom. The van der Waals surface area contributed by atoms with Crippen LogP contribution in [0, 0.1) is 0 Å². The van der Waals surface area contributed by atoms with E-state index in [1.54, 1.807) is 21.0 Å². The van der Waals surface area contributed by atoms with Gasteiger partial charge in [0.2, 0.25) is 5.91 Å². The predicted molar refractivity (Wildman–Crippen MR) is 60.0 cm³/mol. The first kappa shape index (κ1) is 15.3. The van der Waals surface area contributed by atoms with Crippen molar-refractivity contribution in [1.82, 2.24) is 4.90 Å². The van der Waals surface area contributed by atoms with E-state index in [1.807, 2.05) is 0 Å². The maximum atomic E-state index is 11.5. The van der Waals surface area contributed by atoms with Crippen LogP contribution in [-0.2, 0) is 22.9 Å². The number of hydrogen-bond acceptors (Lipinski definition) is 5. The minimum Gasteiger partial charge on any atom is -0.345 e. The van der Waals surface area contributed by atoms with E-state index in [0.717, 1.165) is 0 Å². The third-order valence-electron chi connectivity index (χ3n) is 1.71. The Balaban J connectivity index is 4.32. The topological polar surface area (TPSA) is 65.1 Å². The summed E-state index contributed by atoms with van der Waals surface area (Å²) in [5.74, 6) is -0.161. The lowest BCUT2D eigenvalue weighted by Crippen LogP contribution is -2.19. The molecule has 0 fully saturated rings. The lowest BCUT2D eigenvalue weighted by molar-refractivity contribution is -0.123. The fraction of sp³-hybridized carbons (Fsp3) is 0.667. The zero-order valence-electron chi connectivity index (χ0n) is 10.2. The minimum absolute atomic E-state index is 0.0124. The normalized spacial score (nSPS) is 12.7. The summed E-state index contributed by atoms with van der Waals surface area (Å²) in [5, 5.41) is 0. The molecular formula is C9H18NO5P. The molecule has 0 saturated carbocycles. The van der Waals surface area contributed by atoms with Crippen molar-refractivity contribution in [3.05, 3.63) is 11.6 Å². The zero-order chi connectivity index (χ0) is 12.8. The smallest absolute Gasteiger partial charge is 0.345 e. The number of hydrogen-bond donors (Lipinski definition) is 0. The van der Waals surface area contributed by atoms with E-state index in [1.165, 1.54) is 25.2 Å². The van der Waals surface area contributed by atoms with Crippen LogP contribution in [0.15, 0.2) is 11.6 Å². The Morgan fingerprint density at radius 2 is 1.81 bits per heavy atom. The third kappa shape index (κ3) is 5.42. The highest BCUT2D eigenvalue weighted by molar-refractivity contribution is 7.48. The van der Waals surface area contributed by atoms with Gasteiger partial charge in [0.25, 0.3) is 0 Å². The summed E-state index contributed by atoms with van der Waals surface area (Å²) in [6.45, 7) is 1.70. The van der Waals surface area contributed by atoms with Crippen molar-refractivity contribution in [1.29, 1.82) is 0 Å². The summed E-state index contributed by atoms with van der Waals surface area (Å²) < 4.78 is 25.6. The number of nitrogens with zero attached hydrogens (tertiary/aromatic N) is 1. The molecule has 0 heterocycles. The number of rotatable bonds is 6. The van der Waals surface area contributed by atoms with E-state index in [0.29, 0.717) is 5.57 Å². The van der Waals surface area contributed by atoms with Crippen molar-refractivity contribution in [3.63, 3.8) is 0 Å². The van der Waals surface area contributed by atoms with Crippen LogP contribution in [0.5, 0.6) is 0 Å². The molecule has 0 radical (unpaired) electrons. The molecule has 0 unspecified atom stereocenters. The van der Waals surface area contributed by atoms with Crippen LogP contribution in [0.4, 0.5) is 0 Å². The van der Waals surface area contributed by atoms with E-state index in [4.69, 9.17) is 4.52 Å². The molecule has 0 saturated heterocycles. The first-order valence-electron chi connectivity index (χ1n) is 4.59. The highest BCUT2D eigenvalue weighted by Gasteiger charge is 2.22. The van der Waals surface area contributed by atoms with E-state index < -0.39 is 7.82 Å². The van der Waals surface area contributed by atoms with Gasteiger partial charge in [-0.3, -0.25) is 18.4 Å². The number of phosphoric ester groups is 1. The van der Waals surface area contributed by atoms with Crippen LogP contribution >= 0.6 is 7.82 Å². The van der Waals surface area contributed by atoms with Crippen molar-refractivity contribution < 1.29 is 22.9 Å². The van der Waals surface area contributed by atoms with Crippen LogP contribution in [0.2, 0.25) is 0 Å². The summed E-state index contributed by atoms with van der Waals surface area (Å²) in [4.78, 5) is 12.7. The number of phosphoric acid groups is 1. The zero-order valence-corrected chi connectivity index (χ0v) is 11.1. The molecular weight excluding hydrogens is 233 g/mol. The molecule has 0 spiro atoms. The first-order chi connectivity index (χ1) is 7.34. The van der Waals surface area contributed by atoms with Gasteiger partial charge in [0, 0.05) is 34.4 Å². The Morgan fingerprint density at radius 1 is 1.31 bits per heavy atom. The number of amides is 1. The second-order valence-electron chi connectivity index (χ2n) is 3.31. The van der Waals surface area contributed by atoms with Crippen molar-refractivity contribution in [2.45, 2.75) is 6.92 Å². The molecule has 0 aliphatic rings. The van der Waals surface area contributed by atoms with Gasteiger partial charge in [-0.25, -0.2) is 4.57 Å². The molecule has 0 rings (SSSR count). The molecule has 0 N–H and O–H groups in total. The average molecular weight is 251 g/mol. The summed E-state index contributed by atoms with van der Waals surface area (Å²) in [6.07, 6.45) is 1.40. The highest BCUT2D eigenvalue weighted by atomic mass is 31.2. The van der Waals surface area contributed by atoms with E-state index in [9.17, 15) is 9.36 Å². The van der Waals surface area contributed by atoms with Crippen LogP contribution < -0.4 is 0 Å². The van der Waals surface area contributed by atoms with Gasteiger partial charge < -0.3 is 4.90 Å². The third-order valence-corrected chi connectivity index (χ3v) is 3.05. The minimum atomic E-state index is -3.47. The van der Waals surface area contributed by atoms with E-state index in [-0.39, 0.29) is 12.5 Å². The van der Waals surface area contributed by atoms with Crippen LogP contribution in [0.3, 0.4) is 0 Å². The first-order valence-corrected chi connectivity index (χ1v) is 6.05. The van der Waals surface area contributed by atoms with Gasteiger partial charge in [-0.1, -0.05) is 0 Å². The molecule has 7 heteroatoms. The van der Waals surface area contributed by atoms with Gasteiger partial charge in [0.15, 0.2) is 0 Å². The Hall–Kier alpha value is -0.680. The van der Waals surface area contributed by atoms with Crippen LogP contribution in [0.25, 0.3) is 0 Å². The Labute approximate surface area is 95.8 Å². The van der Waals surface area contributed by atoms with E-state index in [2.05, 4.69) is 9.05 Å². The lowest BCUT2D eigenvalue weighted by atomic mass is 10.3. The summed E-state index contributed by atoms with van der Waals surface area (Å²) in [7, 11) is 2.28. The Bertz CT molecular complexity index is 305. The van der Waals surface area contributed by atoms with Crippen molar-refractivity contribution >= 4 is 13.7 Å². The van der Waals surface area contributed by atoms with Crippen LogP contribution in [0.1, 0.15) is 6.92 Å². The summed E-state index contributed by atoms with van der Waals surface area (Å²) >= 11 is 0. The molecule has 1 amide bonds. The van der Waals surface area contributed by atoms with Gasteiger partial charge in [0.05, 0.1) is 6.61 Å².